The maximum atomic E-state index is 5.42. The third-order valence-corrected chi connectivity index (χ3v) is 3.00. The van der Waals surface area contributed by atoms with Crippen molar-refractivity contribution in [2.24, 2.45) is 0 Å². The minimum Gasteiger partial charge on any atom is -0.490 e. The van der Waals surface area contributed by atoms with Crippen molar-refractivity contribution >= 4 is 11.6 Å². The normalized spacial score (nSPS) is 11.8. The monoisotopic (exact) mass is 272 g/mol. The van der Waals surface area contributed by atoms with Crippen LogP contribution in [-0.4, -0.2) is 23.6 Å². The molecule has 0 aliphatic carbocycles. The molecular weight excluding hydrogens is 252 g/mol. The number of rotatable bonds is 6. The number of methoxy groups -OCH3 is 1. The summed E-state index contributed by atoms with van der Waals surface area (Å²) in [6.45, 7) is 4.88. The zero-order chi connectivity index (χ0) is 14.4. The molecule has 0 amide bonds. The van der Waals surface area contributed by atoms with E-state index in [-0.39, 0.29) is 6.04 Å². The number of nitrogens with zero attached hydrogens (tertiary/aromatic N) is 2. The Labute approximate surface area is 119 Å². The molecule has 1 unspecified atom stereocenters. The molecule has 20 heavy (non-hydrogen) atoms. The molecule has 2 rings (SSSR count). The maximum Gasteiger partial charge on any atom is 0.204 e. The van der Waals surface area contributed by atoms with Gasteiger partial charge in [0.2, 0.25) is 5.75 Å². The van der Waals surface area contributed by atoms with Crippen molar-refractivity contribution in [3.8, 4) is 5.75 Å². The van der Waals surface area contributed by atoms with E-state index in [1.807, 2.05) is 25.1 Å². The van der Waals surface area contributed by atoms with Gasteiger partial charge in [0.05, 0.1) is 13.2 Å². The van der Waals surface area contributed by atoms with Gasteiger partial charge in [-0.1, -0.05) is 30.3 Å². The number of ether oxygens (including phenoxy) is 1. The van der Waals surface area contributed by atoms with Crippen LogP contribution in [-0.2, 0) is 0 Å². The van der Waals surface area contributed by atoms with Crippen molar-refractivity contribution in [3.63, 3.8) is 0 Å². The van der Waals surface area contributed by atoms with Crippen molar-refractivity contribution in [3.05, 3.63) is 42.2 Å². The third kappa shape index (κ3) is 3.17. The van der Waals surface area contributed by atoms with Crippen LogP contribution in [0.2, 0.25) is 0 Å². The van der Waals surface area contributed by atoms with Gasteiger partial charge in [0.15, 0.2) is 11.6 Å². The third-order valence-electron chi connectivity index (χ3n) is 3.00. The number of benzene rings is 1. The predicted molar refractivity (Wildman–Crippen MR) is 81.2 cm³/mol. The van der Waals surface area contributed by atoms with Crippen LogP contribution in [0.25, 0.3) is 0 Å². The molecule has 0 saturated carbocycles. The van der Waals surface area contributed by atoms with E-state index in [1.165, 1.54) is 11.9 Å². The largest absolute Gasteiger partial charge is 0.490 e. The molecule has 0 aliphatic heterocycles. The lowest BCUT2D eigenvalue weighted by molar-refractivity contribution is 0.414. The first-order chi connectivity index (χ1) is 9.76. The molecule has 1 atom stereocenters. The highest BCUT2D eigenvalue weighted by Gasteiger charge is 2.14. The average Bonchev–Trinajstić information content (AvgIpc) is 2.49. The minimum absolute atomic E-state index is 0.134. The first kappa shape index (κ1) is 14.1. The topological polar surface area (TPSA) is 59.1 Å². The number of aromatic nitrogens is 2. The smallest absolute Gasteiger partial charge is 0.204 e. The van der Waals surface area contributed by atoms with E-state index in [2.05, 4.69) is 39.7 Å². The van der Waals surface area contributed by atoms with E-state index >= 15 is 0 Å². The lowest BCUT2D eigenvalue weighted by atomic mass is 10.1. The quantitative estimate of drug-likeness (QED) is 0.846. The maximum absolute atomic E-state index is 5.42. The Morgan fingerprint density at radius 2 is 1.85 bits per heavy atom. The molecule has 1 heterocycles. The van der Waals surface area contributed by atoms with Crippen LogP contribution in [0.4, 0.5) is 11.6 Å². The molecule has 0 fully saturated rings. The number of anilines is 2. The fourth-order valence-corrected chi connectivity index (χ4v) is 1.99. The Morgan fingerprint density at radius 1 is 1.15 bits per heavy atom. The van der Waals surface area contributed by atoms with Crippen LogP contribution in [0, 0.1) is 0 Å². The second-order valence-electron chi connectivity index (χ2n) is 4.41. The van der Waals surface area contributed by atoms with Crippen LogP contribution in [0.1, 0.15) is 25.5 Å². The minimum atomic E-state index is 0.134. The molecule has 1 aromatic carbocycles. The van der Waals surface area contributed by atoms with E-state index in [1.54, 1.807) is 7.11 Å². The summed E-state index contributed by atoms with van der Waals surface area (Å²) < 4.78 is 5.42. The van der Waals surface area contributed by atoms with Crippen LogP contribution in [0.5, 0.6) is 5.75 Å². The van der Waals surface area contributed by atoms with Crippen molar-refractivity contribution in [2.75, 3.05) is 24.3 Å². The van der Waals surface area contributed by atoms with Gasteiger partial charge in [-0.2, -0.15) is 0 Å². The van der Waals surface area contributed by atoms with E-state index in [0.717, 1.165) is 6.54 Å². The van der Waals surface area contributed by atoms with Crippen molar-refractivity contribution in [2.45, 2.75) is 19.9 Å². The van der Waals surface area contributed by atoms with Crippen LogP contribution < -0.4 is 15.4 Å². The van der Waals surface area contributed by atoms with Gasteiger partial charge in [-0.05, 0) is 19.4 Å². The number of nitrogens with one attached hydrogen (secondary N) is 2. The van der Waals surface area contributed by atoms with Crippen LogP contribution in [0.3, 0.4) is 0 Å². The molecule has 0 spiro atoms. The van der Waals surface area contributed by atoms with E-state index in [4.69, 9.17) is 4.74 Å². The summed E-state index contributed by atoms with van der Waals surface area (Å²) >= 11 is 0. The molecule has 2 N–H and O–H groups in total. The van der Waals surface area contributed by atoms with Crippen LogP contribution in [0.15, 0.2) is 36.7 Å². The van der Waals surface area contributed by atoms with Gasteiger partial charge < -0.3 is 15.4 Å². The molecule has 5 heteroatoms. The highest BCUT2D eigenvalue weighted by atomic mass is 16.5. The second kappa shape index (κ2) is 6.75. The number of hydrogen-bond acceptors (Lipinski definition) is 5. The molecule has 5 nitrogen and oxygen atoms in total. The highest BCUT2D eigenvalue weighted by Crippen LogP contribution is 2.31. The van der Waals surface area contributed by atoms with Gasteiger partial charge in [-0.3, -0.25) is 0 Å². The van der Waals surface area contributed by atoms with Gasteiger partial charge in [0, 0.05) is 6.54 Å². The van der Waals surface area contributed by atoms with Gasteiger partial charge in [0.1, 0.15) is 6.33 Å². The van der Waals surface area contributed by atoms with E-state index < -0.39 is 0 Å². The van der Waals surface area contributed by atoms with E-state index in [0.29, 0.717) is 17.4 Å². The SMILES string of the molecule is CCNc1ncnc(NC(C)c2ccccc2)c1OC. The summed E-state index contributed by atoms with van der Waals surface area (Å²) in [4.78, 5) is 8.46. The Morgan fingerprint density at radius 3 is 2.50 bits per heavy atom. The Kier molecular flexibility index (Phi) is 4.76. The number of hydrogen-bond donors (Lipinski definition) is 2. The van der Waals surface area contributed by atoms with Crippen LogP contribution >= 0.6 is 0 Å². The predicted octanol–water partition coefficient (Wildman–Crippen LogP) is 3.09. The molecule has 0 aliphatic rings. The molecule has 0 radical (unpaired) electrons. The zero-order valence-electron chi connectivity index (χ0n) is 12.1. The second-order valence-corrected chi connectivity index (χ2v) is 4.41. The van der Waals surface area contributed by atoms with Gasteiger partial charge >= 0.3 is 0 Å². The molecule has 106 valence electrons. The Balaban J connectivity index is 2.22. The molecule has 2 aromatic rings. The average molecular weight is 272 g/mol. The summed E-state index contributed by atoms with van der Waals surface area (Å²) in [6.07, 6.45) is 1.53. The summed E-state index contributed by atoms with van der Waals surface area (Å²) in [5, 5.41) is 6.52. The fourth-order valence-electron chi connectivity index (χ4n) is 1.99. The standard InChI is InChI=1S/C15H20N4O/c1-4-16-14-13(20-3)15(18-10-17-14)19-11(2)12-8-6-5-7-9-12/h5-11H,4H2,1-3H3,(H2,16,17,18,19). The fraction of sp³-hybridized carbons (Fsp3) is 0.333. The van der Waals surface area contributed by atoms with Gasteiger partial charge in [-0.15, -0.1) is 0 Å². The van der Waals surface area contributed by atoms with Crippen molar-refractivity contribution < 1.29 is 4.74 Å². The molecular formula is C15H20N4O. The molecule has 0 saturated heterocycles. The first-order valence-electron chi connectivity index (χ1n) is 6.70. The molecule has 1 aromatic heterocycles. The summed E-state index contributed by atoms with van der Waals surface area (Å²) in [7, 11) is 1.62. The Hall–Kier alpha value is -2.30. The van der Waals surface area contributed by atoms with Crippen molar-refractivity contribution in [1.82, 2.24) is 9.97 Å². The van der Waals surface area contributed by atoms with Gasteiger partial charge in [-0.25, -0.2) is 9.97 Å². The lowest BCUT2D eigenvalue weighted by Gasteiger charge is -2.18. The zero-order valence-corrected chi connectivity index (χ0v) is 12.1. The lowest BCUT2D eigenvalue weighted by Crippen LogP contribution is -2.11. The first-order valence-corrected chi connectivity index (χ1v) is 6.70. The highest BCUT2D eigenvalue weighted by molar-refractivity contribution is 5.64. The summed E-state index contributed by atoms with van der Waals surface area (Å²) in [5.74, 6) is 2.03. The van der Waals surface area contributed by atoms with Crippen molar-refractivity contribution in [1.29, 1.82) is 0 Å². The summed E-state index contributed by atoms with van der Waals surface area (Å²) in [5.41, 5.74) is 1.19. The summed E-state index contributed by atoms with van der Waals surface area (Å²) in [6, 6.07) is 10.3. The molecule has 0 bridgehead atoms. The van der Waals surface area contributed by atoms with Gasteiger partial charge in [0.25, 0.3) is 0 Å². The Bertz CT molecular complexity index is 545. The van der Waals surface area contributed by atoms with E-state index in [9.17, 15) is 0 Å².